The standard InChI is InChI=1S/C37H48N6O3/c1-25(30-24-39-32-14-6-4-12-28(30)32)33(41-36(46)40-26-10-9-17-38-23-26)35(45)43-20-15-37(16-21-43)22-29(27-11-3-5-13-31(27)37)34(44)42-18-7-2-8-19-42/h3-6,11-14,24-26,29,33,38-39H,2,7-10,15-23H2,1H3,(H2,40,41,46)/t25-,26-,29-,33-/m1/s1. The van der Waals surface area contributed by atoms with Crippen molar-refractivity contribution in [1.82, 2.24) is 30.7 Å². The lowest BCUT2D eigenvalue weighted by Gasteiger charge is -2.42. The molecule has 2 aromatic carbocycles. The van der Waals surface area contributed by atoms with Crippen LogP contribution in [0, 0.1) is 0 Å². The minimum absolute atomic E-state index is 0.0447. The van der Waals surface area contributed by atoms with E-state index in [1.807, 2.05) is 36.2 Å². The molecule has 4 aliphatic rings. The highest BCUT2D eigenvalue weighted by Gasteiger charge is 2.49. The maximum Gasteiger partial charge on any atom is 0.315 e. The summed E-state index contributed by atoms with van der Waals surface area (Å²) in [6.07, 6.45) is 9.73. The number of aromatic nitrogens is 1. The third-order valence-corrected chi connectivity index (χ3v) is 11.3. The SMILES string of the molecule is C[C@H](c1c[nH]c2ccccc12)[C@@H](NC(=O)N[C@@H]1CCCNC1)C(=O)N1CCC2(CC1)C[C@@H](C(=O)N1CCCCC1)c1ccccc12. The Morgan fingerprint density at radius 1 is 0.913 bits per heavy atom. The molecule has 1 aliphatic carbocycles. The van der Waals surface area contributed by atoms with Gasteiger partial charge in [-0.05, 0) is 80.7 Å². The van der Waals surface area contributed by atoms with Crippen LogP contribution in [0.2, 0.25) is 0 Å². The molecule has 3 fully saturated rings. The van der Waals surface area contributed by atoms with Gasteiger partial charge in [-0.15, -0.1) is 0 Å². The van der Waals surface area contributed by atoms with Crippen LogP contribution in [-0.4, -0.2) is 84.0 Å². The minimum atomic E-state index is -0.714. The van der Waals surface area contributed by atoms with Gasteiger partial charge >= 0.3 is 6.03 Å². The van der Waals surface area contributed by atoms with Crippen LogP contribution in [0.5, 0.6) is 0 Å². The number of nitrogens with one attached hydrogen (secondary N) is 4. The van der Waals surface area contributed by atoms with Gasteiger partial charge in [0.25, 0.3) is 0 Å². The first kappa shape index (κ1) is 30.8. The number of nitrogens with zero attached hydrogens (tertiary/aromatic N) is 2. The van der Waals surface area contributed by atoms with E-state index >= 15 is 0 Å². The van der Waals surface area contributed by atoms with E-state index in [0.29, 0.717) is 13.1 Å². The summed E-state index contributed by atoms with van der Waals surface area (Å²) >= 11 is 0. The molecular weight excluding hydrogens is 576 g/mol. The Balaban J connectivity index is 1.09. The second-order valence-corrected chi connectivity index (χ2v) is 14.1. The first-order valence-electron chi connectivity index (χ1n) is 17.4. The van der Waals surface area contributed by atoms with Crippen molar-refractivity contribution in [1.29, 1.82) is 0 Å². The highest BCUT2D eigenvalue weighted by molar-refractivity contribution is 5.91. The number of urea groups is 1. The van der Waals surface area contributed by atoms with E-state index in [2.05, 4.69) is 56.2 Å². The predicted octanol–water partition coefficient (Wildman–Crippen LogP) is 4.75. The molecule has 9 nitrogen and oxygen atoms in total. The second-order valence-electron chi connectivity index (χ2n) is 14.1. The van der Waals surface area contributed by atoms with Gasteiger partial charge in [0, 0.05) is 67.2 Å². The van der Waals surface area contributed by atoms with Crippen LogP contribution in [0.3, 0.4) is 0 Å². The number of piperidine rings is 3. The van der Waals surface area contributed by atoms with Crippen molar-refractivity contribution in [2.24, 2.45) is 0 Å². The second kappa shape index (κ2) is 13.1. The molecule has 1 aromatic heterocycles. The molecule has 0 bridgehead atoms. The van der Waals surface area contributed by atoms with Crippen LogP contribution in [-0.2, 0) is 15.0 Å². The summed E-state index contributed by atoms with van der Waals surface area (Å²) in [4.78, 5) is 48.9. The van der Waals surface area contributed by atoms with Gasteiger partial charge in [0.2, 0.25) is 11.8 Å². The van der Waals surface area contributed by atoms with Crippen LogP contribution in [0.4, 0.5) is 4.79 Å². The van der Waals surface area contributed by atoms with Gasteiger partial charge in [-0.3, -0.25) is 9.59 Å². The summed E-state index contributed by atoms with van der Waals surface area (Å²) in [6.45, 7) is 6.67. The van der Waals surface area contributed by atoms with Crippen molar-refractivity contribution < 1.29 is 14.4 Å². The number of fused-ring (bicyclic) bond motifs is 3. The number of hydrogen-bond acceptors (Lipinski definition) is 4. The number of benzene rings is 2. The molecule has 4 amide bonds. The summed E-state index contributed by atoms with van der Waals surface area (Å²) in [5.41, 5.74) is 4.40. The number of rotatable bonds is 6. The molecule has 4 atom stereocenters. The summed E-state index contributed by atoms with van der Waals surface area (Å²) in [7, 11) is 0. The Labute approximate surface area is 271 Å². The predicted molar refractivity (Wildman–Crippen MR) is 180 cm³/mol. The lowest BCUT2D eigenvalue weighted by molar-refractivity contribution is -0.136. The lowest BCUT2D eigenvalue weighted by atomic mass is 9.73. The van der Waals surface area contributed by atoms with Gasteiger partial charge < -0.3 is 30.7 Å². The van der Waals surface area contributed by atoms with Crippen molar-refractivity contribution in [3.8, 4) is 0 Å². The quantitative estimate of drug-likeness (QED) is 0.317. The molecule has 244 valence electrons. The van der Waals surface area contributed by atoms with Gasteiger partial charge in [-0.2, -0.15) is 0 Å². The molecule has 3 aromatic rings. The van der Waals surface area contributed by atoms with E-state index in [9.17, 15) is 14.4 Å². The van der Waals surface area contributed by atoms with E-state index in [0.717, 1.165) is 87.6 Å². The topological polar surface area (TPSA) is 110 Å². The fourth-order valence-electron chi connectivity index (χ4n) is 8.67. The smallest absolute Gasteiger partial charge is 0.315 e. The van der Waals surface area contributed by atoms with Crippen LogP contribution in [0.15, 0.2) is 54.7 Å². The molecule has 0 radical (unpaired) electrons. The monoisotopic (exact) mass is 624 g/mol. The average Bonchev–Trinajstić information content (AvgIpc) is 3.67. The third kappa shape index (κ3) is 5.90. The fourth-order valence-corrected chi connectivity index (χ4v) is 8.67. The molecule has 4 N–H and O–H groups in total. The van der Waals surface area contributed by atoms with Gasteiger partial charge in [0.1, 0.15) is 6.04 Å². The van der Waals surface area contributed by atoms with Crippen molar-refractivity contribution in [3.63, 3.8) is 0 Å². The Kier molecular flexibility index (Phi) is 8.77. The molecule has 46 heavy (non-hydrogen) atoms. The molecule has 0 saturated carbocycles. The Hall–Kier alpha value is -3.85. The number of carbonyl (C=O) groups is 3. The molecule has 7 rings (SSSR count). The summed E-state index contributed by atoms with van der Waals surface area (Å²) in [5.74, 6) is -0.116. The summed E-state index contributed by atoms with van der Waals surface area (Å²) in [5, 5.41) is 10.6. The number of amides is 4. The van der Waals surface area contributed by atoms with Gasteiger partial charge in [0.05, 0.1) is 5.92 Å². The van der Waals surface area contributed by atoms with Gasteiger partial charge in [-0.1, -0.05) is 49.4 Å². The van der Waals surface area contributed by atoms with E-state index in [1.54, 1.807) is 0 Å². The highest BCUT2D eigenvalue weighted by atomic mass is 16.2. The van der Waals surface area contributed by atoms with Crippen LogP contribution < -0.4 is 16.0 Å². The number of carbonyl (C=O) groups excluding carboxylic acids is 3. The Bertz CT molecular complexity index is 1560. The number of para-hydroxylation sites is 1. The zero-order valence-electron chi connectivity index (χ0n) is 27.0. The number of H-pyrrole nitrogens is 1. The first-order valence-corrected chi connectivity index (χ1v) is 17.4. The van der Waals surface area contributed by atoms with Crippen LogP contribution in [0.1, 0.15) is 86.8 Å². The minimum Gasteiger partial charge on any atom is -0.361 e. The maximum atomic E-state index is 14.4. The molecule has 1 spiro atoms. The molecule has 0 unspecified atom stereocenters. The van der Waals surface area contributed by atoms with Gasteiger partial charge in [-0.25, -0.2) is 4.79 Å². The number of likely N-dealkylation sites (tertiary alicyclic amines) is 2. The summed E-state index contributed by atoms with van der Waals surface area (Å²) < 4.78 is 0. The zero-order chi connectivity index (χ0) is 31.7. The highest BCUT2D eigenvalue weighted by Crippen LogP contribution is 2.52. The fraction of sp³-hybridized carbons (Fsp3) is 0.541. The van der Waals surface area contributed by atoms with Crippen LogP contribution in [0.25, 0.3) is 10.9 Å². The largest absolute Gasteiger partial charge is 0.361 e. The zero-order valence-corrected chi connectivity index (χ0v) is 27.0. The normalized spacial score (nSPS) is 23.9. The summed E-state index contributed by atoms with van der Waals surface area (Å²) in [6, 6.07) is 15.7. The van der Waals surface area contributed by atoms with E-state index in [4.69, 9.17) is 0 Å². The molecular formula is C37H48N6O3. The lowest BCUT2D eigenvalue weighted by Crippen LogP contribution is -2.57. The van der Waals surface area contributed by atoms with Gasteiger partial charge in [0.15, 0.2) is 0 Å². The Morgan fingerprint density at radius 2 is 1.67 bits per heavy atom. The van der Waals surface area contributed by atoms with Crippen molar-refractivity contribution in [3.05, 3.63) is 71.4 Å². The first-order chi connectivity index (χ1) is 22.4. The van der Waals surface area contributed by atoms with Crippen molar-refractivity contribution >= 4 is 28.7 Å². The van der Waals surface area contributed by atoms with E-state index < -0.39 is 6.04 Å². The molecule has 3 aliphatic heterocycles. The maximum absolute atomic E-state index is 14.4. The molecule has 4 heterocycles. The van der Waals surface area contributed by atoms with E-state index in [1.165, 1.54) is 17.5 Å². The third-order valence-electron chi connectivity index (χ3n) is 11.3. The van der Waals surface area contributed by atoms with Crippen molar-refractivity contribution in [2.45, 2.75) is 87.6 Å². The van der Waals surface area contributed by atoms with Crippen molar-refractivity contribution in [2.75, 3.05) is 39.3 Å². The average molecular weight is 625 g/mol. The number of hydrogen-bond donors (Lipinski definition) is 4. The van der Waals surface area contributed by atoms with E-state index in [-0.39, 0.29) is 41.1 Å². The molecule has 9 heteroatoms. The van der Waals surface area contributed by atoms with Crippen LogP contribution >= 0.6 is 0 Å². The molecule has 3 saturated heterocycles. The number of aromatic amines is 1. The Morgan fingerprint density at radius 3 is 2.46 bits per heavy atom.